The smallest absolute Gasteiger partial charge is 0.239 e. The summed E-state index contributed by atoms with van der Waals surface area (Å²) in [5.74, 6) is 0.521. The van der Waals surface area contributed by atoms with E-state index in [-0.39, 0.29) is 11.8 Å². The van der Waals surface area contributed by atoms with Crippen LogP contribution in [0.2, 0.25) is 0 Å². The normalized spacial score (nSPS) is 13.3. The van der Waals surface area contributed by atoms with Gasteiger partial charge in [-0.05, 0) is 32.4 Å². The van der Waals surface area contributed by atoms with Gasteiger partial charge in [0.25, 0.3) is 0 Å². The highest BCUT2D eigenvalue weighted by atomic mass is 16.6. The van der Waals surface area contributed by atoms with E-state index in [1.807, 2.05) is 0 Å². The lowest BCUT2D eigenvalue weighted by Crippen LogP contribution is -2.45. The molecule has 2 rings (SSSR count). The van der Waals surface area contributed by atoms with Gasteiger partial charge in [0, 0.05) is 32.0 Å². The molecule has 0 fully saturated rings. The van der Waals surface area contributed by atoms with Gasteiger partial charge in [-0.2, -0.15) is 0 Å². The minimum atomic E-state index is -1.19. The van der Waals surface area contributed by atoms with Crippen molar-refractivity contribution in [2.45, 2.75) is 20.3 Å². The predicted octanol–water partition coefficient (Wildman–Crippen LogP) is 1.58. The van der Waals surface area contributed by atoms with Crippen LogP contribution in [0.25, 0.3) is 0 Å². The van der Waals surface area contributed by atoms with E-state index in [1.54, 1.807) is 39.2 Å². The van der Waals surface area contributed by atoms with E-state index in [2.05, 4.69) is 10.6 Å². The number of amides is 2. The Morgan fingerprint density at radius 3 is 2.58 bits per heavy atom. The number of rotatable bonds is 7. The Hall–Kier alpha value is -2.28. The van der Waals surface area contributed by atoms with Crippen molar-refractivity contribution >= 4 is 17.5 Å². The second-order valence-electron chi connectivity index (χ2n) is 6.04. The monoisotopic (exact) mass is 336 g/mol. The van der Waals surface area contributed by atoms with Crippen molar-refractivity contribution < 1.29 is 23.8 Å². The summed E-state index contributed by atoms with van der Waals surface area (Å²) in [7, 11) is 1.60. The summed E-state index contributed by atoms with van der Waals surface area (Å²) in [6, 6.07) is 5.15. The van der Waals surface area contributed by atoms with Crippen molar-refractivity contribution in [2.75, 3.05) is 38.8 Å². The first-order valence-corrected chi connectivity index (χ1v) is 7.93. The van der Waals surface area contributed by atoms with Gasteiger partial charge in [-0.15, -0.1) is 0 Å². The summed E-state index contributed by atoms with van der Waals surface area (Å²) < 4.78 is 15.9. The zero-order valence-electron chi connectivity index (χ0n) is 14.3. The number of carbonyl (C=O) groups excluding carboxylic acids is 2. The van der Waals surface area contributed by atoms with E-state index in [4.69, 9.17) is 14.2 Å². The molecule has 24 heavy (non-hydrogen) atoms. The zero-order valence-corrected chi connectivity index (χ0v) is 14.3. The first-order chi connectivity index (χ1) is 11.4. The average molecular weight is 336 g/mol. The maximum atomic E-state index is 12.5. The van der Waals surface area contributed by atoms with Gasteiger partial charge in [-0.1, -0.05) is 0 Å². The van der Waals surface area contributed by atoms with E-state index < -0.39 is 5.41 Å². The SMILES string of the molecule is COCCCNC(=O)C(C)(C)C(=O)Nc1ccc2c(c1)OCCO2. The van der Waals surface area contributed by atoms with E-state index >= 15 is 0 Å². The molecule has 0 aromatic heterocycles. The van der Waals surface area contributed by atoms with Gasteiger partial charge in [0.05, 0.1) is 0 Å². The van der Waals surface area contributed by atoms with Crippen LogP contribution < -0.4 is 20.1 Å². The van der Waals surface area contributed by atoms with Crippen molar-refractivity contribution in [2.24, 2.45) is 5.41 Å². The van der Waals surface area contributed by atoms with Crippen LogP contribution in [0.5, 0.6) is 11.5 Å². The molecule has 0 radical (unpaired) electrons. The summed E-state index contributed by atoms with van der Waals surface area (Å²) >= 11 is 0. The van der Waals surface area contributed by atoms with Crippen LogP contribution in [0.15, 0.2) is 18.2 Å². The molecular weight excluding hydrogens is 312 g/mol. The highest BCUT2D eigenvalue weighted by Gasteiger charge is 2.36. The molecule has 0 saturated heterocycles. The summed E-state index contributed by atoms with van der Waals surface area (Å²) in [6.45, 7) is 5.18. The fraction of sp³-hybridized carbons (Fsp3) is 0.529. The van der Waals surface area contributed by atoms with Crippen molar-refractivity contribution in [3.63, 3.8) is 0 Å². The van der Waals surface area contributed by atoms with E-state index in [9.17, 15) is 9.59 Å². The second kappa shape index (κ2) is 8.01. The van der Waals surface area contributed by atoms with Gasteiger partial charge in [-0.3, -0.25) is 9.59 Å². The largest absolute Gasteiger partial charge is 0.486 e. The molecular formula is C17H24N2O5. The van der Waals surface area contributed by atoms with Gasteiger partial charge in [0.1, 0.15) is 18.6 Å². The zero-order chi connectivity index (χ0) is 17.6. The molecule has 0 bridgehead atoms. The van der Waals surface area contributed by atoms with Crippen LogP contribution >= 0.6 is 0 Å². The molecule has 132 valence electrons. The summed E-state index contributed by atoms with van der Waals surface area (Å²) in [5.41, 5.74) is -0.634. The maximum absolute atomic E-state index is 12.5. The molecule has 0 spiro atoms. The van der Waals surface area contributed by atoms with Crippen LogP contribution in [0, 0.1) is 5.41 Å². The lowest BCUT2D eigenvalue weighted by atomic mass is 9.91. The Morgan fingerprint density at radius 2 is 1.88 bits per heavy atom. The number of hydrogen-bond acceptors (Lipinski definition) is 5. The Balaban J connectivity index is 1.95. The maximum Gasteiger partial charge on any atom is 0.239 e. The highest BCUT2D eigenvalue weighted by molar-refractivity contribution is 6.09. The topological polar surface area (TPSA) is 85.9 Å². The molecule has 1 aromatic rings. The summed E-state index contributed by atoms with van der Waals surface area (Å²) in [6.07, 6.45) is 0.697. The molecule has 7 heteroatoms. The Labute approximate surface area is 141 Å². The third kappa shape index (κ3) is 4.38. The molecule has 1 aliphatic rings. The number of benzene rings is 1. The Bertz CT molecular complexity index is 601. The van der Waals surface area contributed by atoms with E-state index in [0.29, 0.717) is 50.0 Å². The molecule has 2 amide bonds. The number of ether oxygens (including phenoxy) is 3. The molecule has 1 aromatic carbocycles. The quantitative estimate of drug-likeness (QED) is 0.583. The third-order valence-corrected chi connectivity index (χ3v) is 3.75. The van der Waals surface area contributed by atoms with Gasteiger partial charge < -0.3 is 24.8 Å². The molecule has 0 atom stereocenters. The van der Waals surface area contributed by atoms with Crippen LogP contribution in [0.4, 0.5) is 5.69 Å². The number of carbonyl (C=O) groups is 2. The minimum absolute atomic E-state index is 0.325. The molecule has 1 aliphatic heterocycles. The second-order valence-corrected chi connectivity index (χ2v) is 6.04. The van der Waals surface area contributed by atoms with Crippen LogP contribution in [0.1, 0.15) is 20.3 Å². The van der Waals surface area contributed by atoms with Crippen LogP contribution in [0.3, 0.4) is 0 Å². The number of methoxy groups -OCH3 is 1. The predicted molar refractivity (Wildman–Crippen MR) is 89.3 cm³/mol. The van der Waals surface area contributed by atoms with Crippen molar-refractivity contribution in [1.29, 1.82) is 0 Å². The number of fused-ring (bicyclic) bond motifs is 1. The fourth-order valence-corrected chi connectivity index (χ4v) is 2.15. The first-order valence-electron chi connectivity index (χ1n) is 7.93. The van der Waals surface area contributed by atoms with E-state index in [0.717, 1.165) is 0 Å². The highest BCUT2D eigenvalue weighted by Crippen LogP contribution is 2.33. The van der Waals surface area contributed by atoms with Gasteiger partial charge in [0.15, 0.2) is 11.5 Å². The molecule has 7 nitrogen and oxygen atoms in total. The number of hydrogen-bond donors (Lipinski definition) is 2. The van der Waals surface area contributed by atoms with Crippen LogP contribution in [-0.4, -0.2) is 45.3 Å². The number of nitrogens with one attached hydrogen (secondary N) is 2. The molecule has 0 saturated carbocycles. The van der Waals surface area contributed by atoms with E-state index in [1.165, 1.54) is 0 Å². The van der Waals surface area contributed by atoms with Crippen molar-refractivity contribution in [3.8, 4) is 11.5 Å². The summed E-state index contributed by atoms with van der Waals surface area (Å²) in [4.78, 5) is 24.7. The fourth-order valence-electron chi connectivity index (χ4n) is 2.15. The van der Waals surface area contributed by atoms with Gasteiger partial charge in [-0.25, -0.2) is 0 Å². The molecule has 1 heterocycles. The molecule has 2 N–H and O–H groups in total. The number of anilines is 1. The Morgan fingerprint density at radius 1 is 1.17 bits per heavy atom. The van der Waals surface area contributed by atoms with Crippen molar-refractivity contribution in [3.05, 3.63) is 18.2 Å². The summed E-state index contributed by atoms with van der Waals surface area (Å²) in [5, 5.41) is 5.50. The van der Waals surface area contributed by atoms with Crippen molar-refractivity contribution in [1.82, 2.24) is 5.32 Å². The Kier molecular flexibility index (Phi) is 6.03. The molecule has 0 aliphatic carbocycles. The molecule has 0 unspecified atom stereocenters. The van der Waals surface area contributed by atoms with Gasteiger partial charge >= 0.3 is 0 Å². The standard InChI is InChI=1S/C17H24N2O5/c1-17(2,15(20)18-7-4-8-22-3)16(21)19-12-5-6-13-14(11-12)24-10-9-23-13/h5-6,11H,4,7-10H2,1-3H3,(H,18,20)(H,19,21). The average Bonchev–Trinajstić information content (AvgIpc) is 2.58. The first kappa shape index (κ1) is 18.1. The lowest BCUT2D eigenvalue weighted by Gasteiger charge is -2.23. The third-order valence-electron chi connectivity index (χ3n) is 3.75. The van der Waals surface area contributed by atoms with Gasteiger partial charge in [0.2, 0.25) is 11.8 Å². The lowest BCUT2D eigenvalue weighted by molar-refractivity contribution is -0.138. The minimum Gasteiger partial charge on any atom is -0.486 e. The van der Waals surface area contributed by atoms with Crippen LogP contribution in [-0.2, 0) is 14.3 Å².